The minimum Gasteiger partial charge on any atom is -0.397 e. The van der Waals surface area contributed by atoms with Gasteiger partial charge in [-0.2, -0.15) is 0 Å². The van der Waals surface area contributed by atoms with Gasteiger partial charge in [0.15, 0.2) is 0 Å². The van der Waals surface area contributed by atoms with Crippen LogP contribution in [0.4, 0.5) is 5.69 Å². The van der Waals surface area contributed by atoms with Crippen molar-refractivity contribution in [3.63, 3.8) is 0 Å². The van der Waals surface area contributed by atoms with E-state index in [4.69, 9.17) is 11.5 Å². The fourth-order valence-electron chi connectivity index (χ4n) is 2.83. The summed E-state index contributed by atoms with van der Waals surface area (Å²) in [6.45, 7) is 0. The van der Waals surface area contributed by atoms with Crippen LogP contribution in [-0.4, -0.2) is 18.0 Å². The monoisotopic (exact) mass is 367 g/mol. The number of carbonyl (C=O) groups excluding carboxylic acids is 1. The van der Waals surface area contributed by atoms with Crippen LogP contribution in [-0.2, 0) is 0 Å². The van der Waals surface area contributed by atoms with Crippen molar-refractivity contribution in [2.45, 2.75) is 37.8 Å². The summed E-state index contributed by atoms with van der Waals surface area (Å²) >= 11 is 4.87. The van der Waals surface area contributed by atoms with Crippen LogP contribution < -0.4 is 16.8 Å². The molecule has 0 radical (unpaired) electrons. The second kappa shape index (κ2) is 5.94. The SMILES string of the molecule is Nc1c(C(=O)NC2CCCCC2N)sc2cc(Br)ccc12. The molecule has 2 unspecified atom stereocenters. The van der Waals surface area contributed by atoms with Crippen molar-refractivity contribution in [2.75, 3.05) is 5.73 Å². The van der Waals surface area contributed by atoms with E-state index in [0.29, 0.717) is 10.6 Å². The lowest BCUT2D eigenvalue weighted by molar-refractivity contribution is 0.0926. The molecule has 0 aliphatic heterocycles. The zero-order chi connectivity index (χ0) is 15.0. The Hall–Kier alpha value is -1.11. The molecule has 3 rings (SSSR count). The van der Waals surface area contributed by atoms with Gasteiger partial charge in [0.25, 0.3) is 5.91 Å². The van der Waals surface area contributed by atoms with E-state index in [1.54, 1.807) is 0 Å². The van der Waals surface area contributed by atoms with Gasteiger partial charge >= 0.3 is 0 Å². The highest BCUT2D eigenvalue weighted by molar-refractivity contribution is 9.10. The molecular formula is C15H18BrN3OS. The Balaban J connectivity index is 1.85. The average molecular weight is 368 g/mol. The van der Waals surface area contributed by atoms with Gasteiger partial charge < -0.3 is 16.8 Å². The number of amides is 1. The first-order valence-corrected chi connectivity index (χ1v) is 8.71. The lowest BCUT2D eigenvalue weighted by atomic mass is 9.91. The lowest BCUT2D eigenvalue weighted by Gasteiger charge is -2.29. The maximum atomic E-state index is 12.5. The Bertz CT molecular complexity index is 685. The van der Waals surface area contributed by atoms with Crippen LogP contribution in [0.25, 0.3) is 10.1 Å². The number of benzene rings is 1. The summed E-state index contributed by atoms with van der Waals surface area (Å²) in [4.78, 5) is 13.1. The summed E-state index contributed by atoms with van der Waals surface area (Å²) in [7, 11) is 0. The first-order chi connectivity index (χ1) is 10.1. The molecule has 1 heterocycles. The van der Waals surface area contributed by atoms with Gasteiger partial charge in [0, 0.05) is 26.6 Å². The maximum absolute atomic E-state index is 12.5. The first kappa shape index (κ1) is 14.8. The smallest absolute Gasteiger partial charge is 0.263 e. The molecule has 1 aromatic heterocycles. The van der Waals surface area contributed by atoms with E-state index in [1.807, 2.05) is 18.2 Å². The van der Waals surface area contributed by atoms with Gasteiger partial charge in [0.2, 0.25) is 0 Å². The van der Waals surface area contributed by atoms with Crippen LogP contribution in [0.1, 0.15) is 35.4 Å². The summed E-state index contributed by atoms with van der Waals surface area (Å²) in [5.74, 6) is -0.104. The van der Waals surface area contributed by atoms with Crippen molar-refractivity contribution in [3.05, 3.63) is 27.5 Å². The van der Waals surface area contributed by atoms with E-state index >= 15 is 0 Å². The van der Waals surface area contributed by atoms with Crippen LogP contribution >= 0.6 is 27.3 Å². The highest BCUT2D eigenvalue weighted by Crippen LogP contribution is 2.35. The molecule has 4 nitrogen and oxygen atoms in total. The Morgan fingerprint density at radius 3 is 2.86 bits per heavy atom. The number of nitrogen functional groups attached to an aromatic ring is 1. The summed E-state index contributed by atoms with van der Waals surface area (Å²) in [5, 5.41) is 3.99. The van der Waals surface area contributed by atoms with Crippen LogP contribution in [0.2, 0.25) is 0 Å². The molecule has 21 heavy (non-hydrogen) atoms. The van der Waals surface area contributed by atoms with Gasteiger partial charge in [-0.15, -0.1) is 11.3 Å². The molecule has 0 saturated heterocycles. The van der Waals surface area contributed by atoms with Crippen molar-refractivity contribution in [1.29, 1.82) is 0 Å². The lowest BCUT2D eigenvalue weighted by Crippen LogP contribution is -2.49. The minimum atomic E-state index is -0.104. The third-order valence-corrected chi connectivity index (χ3v) is 5.69. The number of halogens is 1. The maximum Gasteiger partial charge on any atom is 0.263 e. The Morgan fingerprint density at radius 2 is 2.10 bits per heavy atom. The molecule has 112 valence electrons. The number of nitrogens with one attached hydrogen (secondary N) is 1. The molecule has 0 bridgehead atoms. The number of fused-ring (bicyclic) bond motifs is 1. The van der Waals surface area contributed by atoms with E-state index in [2.05, 4.69) is 21.2 Å². The van der Waals surface area contributed by atoms with E-state index in [-0.39, 0.29) is 18.0 Å². The minimum absolute atomic E-state index is 0.0486. The van der Waals surface area contributed by atoms with Crippen molar-refractivity contribution in [3.8, 4) is 0 Å². The Morgan fingerprint density at radius 1 is 1.33 bits per heavy atom. The van der Waals surface area contributed by atoms with Crippen molar-refractivity contribution in [1.82, 2.24) is 5.32 Å². The van der Waals surface area contributed by atoms with Gasteiger partial charge in [0.1, 0.15) is 4.88 Å². The second-order valence-corrected chi connectivity index (χ2v) is 7.48. The molecule has 1 aliphatic carbocycles. The van der Waals surface area contributed by atoms with E-state index in [1.165, 1.54) is 11.3 Å². The summed E-state index contributed by atoms with van der Waals surface area (Å²) in [5.41, 5.74) is 12.8. The summed E-state index contributed by atoms with van der Waals surface area (Å²) in [6.07, 6.45) is 4.18. The first-order valence-electron chi connectivity index (χ1n) is 7.10. The molecule has 1 saturated carbocycles. The fourth-order valence-corrected chi connectivity index (χ4v) is 4.41. The zero-order valence-electron chi connectivity index (χ0n) is 11.6. The molecule has 2 atom stereocenters. The standard InChI is InChI=1S/C15H18BrN3OS/c16-8-5-6-9-12(7-8)21-14(13(9)18)15(20)19-11-4-2-1-3-10(11)17/h5-7,10-11H,1-4,17-18H2,(H,19,20). The topological polar surface area (TPSA) is 81.1 Å². The number of thiophene rings is 1. The molecule has 2 aromatic rings. The number of hydrogen-bond donors (Lipinski definition) is 3. The third kappa shape index (κ3) is 2.93. The van der Waals surface area contributed by atoms with Gasteiger partial charge in [-0.3, -0.25) is 4.79 Å². The van der Waals surface area contributed by atoms with Gasteiger partial charge in [-0.05, 0) is 25.0 Å². The van der Waals surface area contributed by atoms with Crippen LogP contribution in [0.5, 0.6) is 0 Å². The van der Waals surface area contributed by atoms with E-state index in [9.17, 15) is 4.79 Å². The van der Waals surface area contributed by atoms with Crippen molar-refractivity contribution < 1.29 is 4.79 Å². The van der Waals surface area contributed by atoms with Crippen molar-refractivity contribution in [2.24, 2.45) is 5.73 Å². The van der Waals surface area contributed by atoms with E-state index in [0.717, 1.165) is 40.2 Å². The highest BCUT2D eigenvalue weighted by Gasteiger charge is 2.25. The quantitative estimate of drug-likeness (QED) is 0.761. The molecule has 5 N–H and O–H groups in total. The predicted molar refractivity (Wildman–Crippen MR) is 91.6 cm³/mol. The van der Waals surface area contributed by atoms with Crippen molar-refractivity contribution >= 4 is 48.9 Å². The average Bonchev–Trinajstić information content (AvgIpc) is 2.78. The summed E-state index contributed by atoms with van der Waals surface area (Å²) < 4.78 is 2.00. The predicted octanol–water partition coefficient (Wildman–Crippen LogP) is 3.25. The van der Waals surface area contributed by atoms with Gasteiger partial charge in [0.05, 0.1) is 5.69 Å². The molecular weight excluding hydrogens is 350 g/mol. The molecule has 1 aromatic carbocycles. The van der Waals surface area contributed by atoms with Gasteiger partial charge in [-0.25, -0.2) is 0 Å². The molecule has 0 spiro atoms. The van der Waals surface area contributed by atoms with Crippen LogP contribution in [0.15, 0.2) is 22.7 Å². The van der Waals surface area contributed by atoms with Crippen LogP contribution in [0, 0.1) is 0 Å². The van der Waals surface area contributed by atoms with Gasteiger partial charge in [-0.1, -0.05) is 34.8 Å². The molecule has 6 heteroatoms. The Kier molecular flexibility index (Phi) is 4.19. The number of carbonyl (C=O) groups is 1. The highest BCUT2D eigenvalue weighted by atomic mass is 79.9. The number of nitrogens with two attached hydrogens (primary N) is 2. The normalized spacial score (nSPS) is 22.4. The second-order valence-electron chi connectivity index (χ2n) is 5.51. The number of anilines is 1. The molecule has 1 fully saturated rings. The largest absolute Gasteiger partial charge is 0.397 e. The molecule has 1 amide bonds. The third-order valence-electron chi connectivity index (χ3n) is 4.03. The molecule has 1 aliphatic rings. The summed E-state index contributed by atoms with van der Waals surface area (Å²) in [6, 6.07) is 5.97. The van der Waals surface area contributed by atoms with Crippen LogP contribution in [0.3, 0.4) is 0 Å². The zero-order valence-corrected chi connectivity index (χ0v) is 14.0. The van der Waals surface area contributed by atoms with E-state index < -0.39 is 0 Å². The number of rotatable bonds is 2. The fraction of sp³-hybridized carbons (Fsp3) is 0.400. The Labute approximate surface area is 136 Å². The number of hydrogen-bond acceptors (Lipinski definition) is 4.